The highest BCUT2D eigenvalue weighted by Crippen LogP contribution is 2.17. The van der Waals surface area contributed by atoms with Gasteiger partial charge in [0.1, 0.15) is 0 Å². The van der Waals surface area contributed by atoms with Gasteiger partial charge in [0.05, 0.1) is 12.1 Å². The third-order valence-corrected chi connectivity index (χ3v) is 4.95. The minimum atomic E-state index is -0.257. The van der Waals surface area contributed by atoms with Gasteiger partial charge in [-0.2, -0.15) is 0 Å². The van der Waals surface area contributed by atoms with Crippen molar-refractivity contribution in [3.8, 4) is 0 Å². The summed E-state index contributed by atoms with van der Waals surface area (Å²) < 4.78 is 0. The van der Waals surface area contributed by atoms with Crippen molar-refractivity contribution in [1.29, 1.82) is 0 Å². The molecular weight excluding hydrogens is 423 g/mol. The Bertz CT molecular complexity index is 807. The number of nitrogens with two attached hydrogens (primary N) is 1. The maximum atomic E-state index is 12.3. The van der Waals surface area contributed by atoms with E-state index in [1.807, 2.05) is 0 Å². The van der Waals surface area contributed by atoms with Crippen LogP contribution in [0, 0.1) is 0 Å². The lowest BCUT2D eigenvalue weighted by Gasteiger charge is -2.23. The Morgan fingerprint density at radius 3 is 1.93 bits per heavy atom. The van der Waals surface area contributed by atoms with E-state index in [0.29, 0.717) is 29.2 Å². The Kier molecular flexibility index (Phi) is 11.3. The Morgan fingerprint density at radius 2 is 1.33 bits per heavy atom. The predicted octanol–water partition coefficient (Wildman–Crippen LogP) is 4.57. The molecule has 0 spiro atoms. The zero-order valence-electron chi connectivity index (χ0n) is 16.9. The van der Waals surface area contributed by atoms with Crippen molar-refractivity contribution in [3.05, 3.63) is 54.1 Å². The number of para-hydroxylation sites is 1. The number of amides is 2. The number of nitrogens with zero attached hydrogens (tertiary/aromatic N) is 1. The minimum Gasteiger partial charge on any atom is -0.398 e. The number of carbonyl (C=O) groups is 2. The largest absolute Gasteiger partial charge is 0.398 e. The molecule has 1 aliphatic rings. The van der Waals surface area contributed by atoms with Crippen LogP contribution >= 0.6 is 24.8 Å². The molecule has 4 N–H and O–H groups in total. The summed E-state index contributed by atoms with van der Waals surface area (Å²) in [5, 5.41) is 5.75. The lowest BCUT2D eigenvalue weighted by atomic mass is 10.1. The summed E-state index contributed by atoms with van der Waals surface area (Å²) in [4.78, 5) is 26.9. The average Bonchev–Trinajstić information content (AvgIpc) is 2.66. The molecule has 1 saturated heterocycles. The summed E-state index contributed by atoms with van der Waals surface area (Å²) in [5.41, 5.74) is 8.08. The van der Waals surface area contributed by atoms with Crippen molar-refractivity contribution in [3.63, 3.8) is 0 Å². The van der Waals surface area contributed by atoms with E-state index < -0.39 is 0 Å². The SMILES string of the molecule is Cl.Cl.Nc1ccccc1C(=O)Nc1ccc(NC(=O)CN2CCCCCCC2)cc1. The van der Waals surface area contributed by atoms with Crippen LogP contribution in [-0.4, -0.2) is 36.3 Å². The number of hydrogen-bond donors (Lipinski definition) is 3. The van der Waals surface area contributed by atoms with Crippen LogP contribution in [0.5, 0.6) is 0 Å². The second-order valence-electron chi connectivity index (χ2n) is 7.21. The summed E-state index contributed by atoms with van der Waals surface area (Å²) in [6.45, 7) is 2.40. The van der Waals surface area contributed by atoms with Crippen LogP contribution in [0.4, 0.5) is 17.1 Å². The molecule has 3 rings (SSSR count). The molecule has 2 amide bonds. The van der Waals surface area contributed by atoms with Crippen LogP contribution < -0.4 is 16.4 Å². The molecule has 0 aliphatic carbocycles. The fourth-order valence-corrected chi connectivity index (χ4v) is 3.41. The maximum absolute atomic E-state index is 12.3. The highest BCUT2D eigenvalue weighted by atomic mass is 35.5. The van der Waals surface area contributed by atoms with Gasteiger partial charge in [0.2, 0.25) is 5.91 Å². The normalized spacial score (nSPS) is 14.3. The van der Waals surface area contributed by atoms with Gasteiger partial charge in [-0.05, 0) is 62.3 Å². The quantitative estimate of drug-likeness (QED) is 0.579. The van der Waals surface area contributed by atoms with Crippen LogP contribution in [0.2, 0.25) is 0 Å². The van der Waals surface area contributed by atoms with E-state index in [0.717, 1.165) is 25.9 Å². The van der Waals surface area contributed by atoms with Crippen LogP contribution in [0.1, 0.15) is 42.5 Å². The van der Waals surface area contributed by atoms with Gasteiger partial charge in [-0.1, -0.05) is 31.4 Å². The van der Waals surface area contributed by atoms with Gasteiger partial charge in [-0.15, -0.1) is 24.8 Å². The van der Waals surface area contributed by atoms with E-state index >= 15 is 0 Å². The number of nitrogens with one attached hydrogen (secondary N) is 2. The number of nitrogen functional groups attached to an aromatic ring is 1. The van der Waals surface area contributed by atoms with Gasteiger partial charge in [-0.25, -0.2) is 0 Å². The first-order valence-electron chi connectivity index (χ1n) is 9.90. The zero-order valence-corrected chi connectivity index (χ0v) is 18.6. The number of rotatable bonds is 5. The summed E-state index contributed by atoms with van der Waals surface area (Å²) in [7, 11) is 0. The highest BCUT2D eigenvalue weighted by Gasteiger charge is 2.13. The number of likely N-dealkylation sites (tertiary alicyclic amines) is 1. The van der Waals surface area contributed by atoms with Crippen LogP contribution in [0.15, 0.2) is 48.5 Å². The molecule has 0 bridgehead atoms. The van der Waals surface area contributed by atoms with E-state index in [1.54, 1.807) is 48.5 Å². The summed E-state index contributed by atoms with van der Waals surface area (Å²) in [5.74, 6) is -0.263. The first-order valence-corrected chi connectivity index (χ1v) is 9.90. The molecule has 1 heterocycles. The molecule has 0 aromatic heterocycles. The molecular formula is C22H30Cl2N4O2. The number of carbonyl (C=O) groups excluding carboxylic acids is 2. The molecule has 1 aliphatic heterocycles. The molecule has 0 atom stereocenters. The molecule has 0 unspecified atom stereocenters. The third-order valence-electron chi connectivity index (χ3n) is 4.95. The van der Waals surface area contributed by atoms with Gasteiger partial charge in [-0.3, -0.25) is 14.5 Å². The van der Waals surface area contributed by atoms with Crippen molar-refractivity contribution < 1.29 is 9.59 Å². The topological polar surface area (TPSA) is 87.5 Å². The summed E-state index contributed by atoms with van der Waals surface area (Å²) in [6.07, 6.45) is 6.13. The molecule has 6 nitrogen and oxygen atoms in total. The fourth-order valence-electron chi connectivity index (χ4n) is 3.41. The molecule has 30 heavy (non-hydrogen) atoms. The smallest absolute Gasteiger partial charge is 0.257 e. The van der Waals surface area contributed by atoms with Crippen molar-refractivity contribution >= 4 is 53.7 Å². The van der Waals surface area contributed by atoms with Crippen molar-refractivity contribution in [2.45, 2.75) is 32.1 Å². The first-order chi connectivity index (χ1) is 13.6. The molecule has 1 fully saturated rings. The lowest BCUT2D eigenvalue weighted by Crippen LogP contribution is -2.35. The van der Waals surface area contributed by atoms with Gasteiger partial charge in [0.25, 0.3) is 5.91 Å². The Hall–Kier alpha value is -2.28. The van der Waals surface area contributed by atoms with Gasteiger partial charge in [0.15, 0.2) is 0 Å². The van der Waals surface area contributed by atoms with Crippen molar-refractivity contribution in [2.24, 2.45) is 0 Å². The second-order valence-corrected chi connectivity index (χ2v) is 7.21. The van der Waals surface area contributed by atoms with Crippen LogP contribution in [-0.2, 0) is 4.79 Å². The molecule has 164 valence electrons. The van der Waals surface area contributed by atoms with Gasteiger partial charge >= 0.3 is 0 Å². The fraction of sp³-hybridized carbons (Fsp3) is 0.364. The van der Waals surface area contributed by atoms with E-state index in [-0.39, 0.29) is 36.6 Å². The van der Waals surface area contributed by atoms with E-state index in [9.17, 15) is 9.59 Å². The predicted molar refractivity (Wildman–Crippen MR) is 128 cm³/mol. The summed E-state index contributed by atoms with van der Waals surface area (Å²) in [6, 6.07) is 14.0. The van der Waals surface area contributed by atoms with E-state index in [2.05, 4.69) is 15.5 Å². The number of hydrogen-bond acceptors (Lipinski definition) is 4. The number of halogens is 2. The standard InChI is InChI=1S/C22H28N4O2.2ClH/c23-20-9-5-4-8-19(20)22(28)25-18-12-10-17(11-13-18)24-21(27)16-26-14-6-2-1-3-7-15-26;;/h4-5,8-13H,1-3,6-7,14-16,23H2,(H,24,27)(H,25,28);2*1H. The monoisotopic (exact) mass is 452 g/mol. The third kappa shape index (κ3) is 7.86. The first kappa shape index (κ1) is 25.8. The molecule has 8 heteroatoms. The maximum Gasteiger partial charge on any atom is 0.257 e. The molecule has 2 aromatic rings. The molecule has 0 saturated carbocycles. The zero-order chi connectivity index (χ0) is 19.8. The Balaban J connectivity index is 0.00000225. The summed E-state index contributed by atoms with van der Waals surface area (Å²) >= 11 is 0. The van der Waals surface area contributed by atoms with Crippen molar-refractivity contribution in [1.82, 2.24) is 4.90 Å². The minimum absolute atomic E-state index is 0. The van der Waals surface area contributed by atoms with Gasteiger partial charge in [0, 0.05) is 17.1 Å². The lowest BCUT2D eigenvalue weighted by molar-refractivity contribution is -0.117. The molecule has 0 radical (unpaired) electrons. The highest BCUT2D eigenvalue weighted by molar-refractivity contribution is 6.07. The van der Waals surface area contributed by atoms with Crippen molar-refractivity contribution in [2.75, 3.05) is 36.0 Å². The van der Waals surface area contributed by atoms with Gasteiger partial charge < -0.3 is 16.4 Å². The van der Waals surface area contributed by atoms with E-state index in [1.165, 1.54) is 19.3 Å². The number of benzene rings is 2. The Labute approximate surface area is 190 Å². The second kappa shape index (κ2) is 13.1. The number of anilines is 3. The van der Waals surface area contributed by atoms with Crippen LogP contribution in [0.25, 0.3) is 0 Å². The van der Waals surface area contributed by atoms with E-state index in [4.69, 9.17) is 5.73 Å². The Morgan fingerprint density at radius 1 is 0.800 bits per heavy atom. The molecule has 2 aromatic carbocycles. The average molecular weight is 453 g/mol. The van der Waals surface area contributed by atoms with Crippen LogP contribution in [0.3, 0.4) is 0 Å².